The van der Waals surface area contributed by atoms with Gasteiger partial charge in [-0.1, -0.05) is 19.4 Å². The van der Waals surface area contributed by atoms with Crippen LogP contribution in [0.1, 0.15) is 45.2 Å². The fourth-order valence-corrected chi connectivity index (χ4v) is 2.06. The molecule has 1 aromatic rings. The molecule has 0 fully saturated rings. The van der Waals surface area contributed by atoms with E-state index in [0.717, 1.165) is 29.9 Å². The summed E-state index contributed by atoms with van der Waals surface area (Å²) in [4.78, 5) is 0. The zero-order valence-electron chi connectivity index (χ0n) is 12.1. The Balaban J connectivity index is 3.02. The molecule has 0 bridgehead atoms. The molecule has 0 aliphatic rings. The van der Waals surface area contributed by atoms with Gasteiger partial charge >= 0.3 is 0 Å². The van der Waals surface area contributed by atoms with Crippen molar-refractivity contribution in [1.29, 1.82) is 0 Å². The predicted molar refractivity (Wildman–Crippen MR) is 75.5 cm³/mol. The molecular formula is C15H25NO2. The molecule has 0 saturated carbocycles. The summed E-state index contributed by atoms with van der Waals surface area (Å²) < 4.78 is 11.5. The van der Waals surface area contributed by atoms with Gasteiger partial charge in [-0.3, -0.25) is 0 Å². The standard InChI is InChI=1S/C15H25NO2/c1-6-8-11(2)18-14-10-7-9-13(17-5)15(14)12(3)16-4/h7,9-12,16H,6,8H2,1-5H3. The normalized spacial score (nSPS) is 14.1. The minimum absolute atomic E-state index is 0.199. The van der Waals surface area contributed by atoms with Crippen molar-refractivity contribution < 1.29 is 9.47 Å². The van der Waals surface area contributed by atoms with Gasteiger partial charge in [0.15, 0.2) is 0 Å². The summed E-state index contributed by atoms with van der Waals surface area (Å²) in [5.74, 6) is 1.79. The molecule has 0 saturated heterocycles. The second-order valence-electron chi connectivity index (χ2n) is 4.60. The summed E-state index contributed by atoms with van der Waals surface area (Å²) in [6.45, 7) is 6.38. The average molecular weight is 251 g/mol. The van der Waals surface area contributed by atoms with E-state index in [9.17, 15) is 0 Å². The molecule has 1 aromatic carbocycles. The molecule has 1 rings (SSSR count). The highest BCUT2D eigenvalue weighted by Crippen LogP contribution is 2.34. The van der Waals surface area contributed by atoms with Crippen LogP contribution in [0.2, 0.25) is 0 Å². The Bertz CT molecular complexity index is 366. The van der Waals surface area contributed by atoms with Crippen molar-refractivity contribution in [2.75, 3.05) is 14.2 Å². The molecule has 0 radical (unpaired) electrons. The highest BCUT2D eigenvalue weighted by molar-refractivity contribution is 5.46. The summed E-state index contributed by atoms with van der Waals surface area (Å²) in [6.07, 6.45) is 2.41. The van der Waals surface area contributed by atoms with Gasteiger partial charge in [0.1, 0.15) is 11.5 Å². The number of nitrogens with one attached hydrogen (secondary N) is 1. The molecule has 18 heavy (non-hydrogen) atoms. The first-order valence-electron chi connectivity index (χ1n) is 6.64. The van der Waals surface area contributed by atoms with Crippen molar-refractivity contribution >= 4 is 0 Å². The minimum Gasteiger partial charge on any atom is -0.496 e. The molecule has 3 heteroatoms. The van der Waals surface area contributed by atoms with Crippen LogP contribution in [0.4, 0.5) is 0 Å². The highest BCUT2D eigenvalue weighted by atomic mass is 16.5. The van der Waals surface area contributed by atoms with Crippen molar-refractivity contribution in [3.8, 4) is 11.5 Å². The molecule has 3 nitrogen and oxygen atoms in total. The third-order valence-electron chi connectivity index (χ3n) is 3.14. The molecular weight excluding hydrogens is 226 g/mol. The molecule has 0 aliphatic heterocycles. The van der Waals surface area contributed by atoms with Crippen molar-refractivity contribution in [3.63, 3.8) is 0 Å². The molecule has 0 amide bonds. The van der Waals surface area contributed by atoms with Crippen LogP contribution in [0.5, 0.6) is 11.5 Å². The number of methoxy groups -OCH3 is 1. The van der Waals surface area contributed by atoms with E-state index < -0.39 is 0 Å². The fourth-order valence-electron chi connectivity index (χ4n) is 2.06. The zero-order valence-corrected chi connectivity index (χ0v) is 12.1. The number of rotatable bonds is 7. The first kappa shape index (κ1) is 14.8. The maximum Gasteiger partial charge on any atom is 0.128 e. The van der Waals surface area contributed by atoms with Crippen LogP contribution in [0, 0.1) is 0 Å². The summed E-state index contributed by atoms with van der Waals surface area (Å²) in [5, 5.41) is 3.24. The Hall–Kier alpha value is -1.22. The van der Waals surface area contributed by atoms with Gasteiger partial charge in [-0.25, -0.2) is 0 Å². The van der Waals surface area contributed by atoms with Gasteiger partial charge in [-0.15, -0.1) is 0 Å². The van der Waals surface area contributed by atoms with E-state index in [4.69, 9.17) is 9.47 Å². The molecule has 0 aliphatic carbocycles. The molecule has 2 atom stereocenters. The second-order valence-corrected chi connectivity index (χ2v) is 4.60. The monoisotopic (exact) mass is 251 g/mol. The topological polar surface area (TPSA) is 30.5 Å². The number of hydrogen-bond acceptors (Lipinski definition) is 3. The quantitative estimate of drug-likeness (QED) is 0.804. The van der Waals surface area contributed by atoms with Crippen LogP contribution in [0.25, 0.3) is 0 Å². The van der Waals surface area contributed by atoms with Gasteiger partial charge in [0.2, 0.25) is 0 Å². The number of ether oxygens (including phenoxy) is 2. The Morgan fingerprint density at radius 2 is 1.89 bits per heavy atom. The van der Waals surface area contributed by atoms with E-state index >= 15 is 0 Å². The lowest BCUT2D eigenvalue weighted by molar-refractivity contribution is 0.205. The lowest BCUT2D eigenvalue weighted by Gasteiger charge is -2.22. The van der Waals surface area contributed by atoms with Crippen LogP contribution in [0.3, 0.4) is 0 Å². The summed E-state index contributed by atoms with van der Waals surface area (Å²) in [5.41, 5.74) is 1.09. The van der Waals surface area contributed by atoms with Gasteiger partial charge < -0.3 is 14.8 Å². The van der Waals surface area contributed by atoms with E-state index in [1.165, 1.54) is 0 Å². The van der Waals surface area contributed by atoms with E-state index in [1.54, 1.807) is 7.11 Å². The molecule has 102 valence electrons. The Morgan fingerprint density at radius 1 is 1.22 bits per heavy atom. The molecule has 0 heterocycles. The Morgan fingerprint density at radius 3 is 2.44 bits per heavy atom. The van der Waals surface area contributed by atoms with E-state index in [1.807, 2.05) is 25.2 Å². The fraction of sp³-hybridized carbons (Fsp3) is 0.600. The Kier molecular flexibility index (Phi) is 5.99. The van der Waals surface area contributed by atoms with Gasteiger partial charge in [-0.05, 0) is 39.4 Å². The zero-order chi connectivity index (χ0) is 13.5. The first-order valence-corrected chi connectivity index (χ1v) is 6.64. The Labute approximate surface area is 110 Å². The maximum atomic E-state index is 6.03. The van der Waals surface area contributed by atoms with Crippen LogP contribution < -0.4 is 14.8 Å². The summed E-state index contributed by atoms with van der Waals surface area (Å²) in [6, 6.07) is 6.15. The lowest BCUT2D eigenvalue weighted by atomic mass is 10.1. The van der Waals surface area contributed by atoms with Crippen LogP contribution >= 0.6 is 0 Å². The van der Waals surface area contributed by atoms with Gasteiger partial charge in [0, 0.05) is 6.04 Å². The van der Waals surface area contributed by atoms with Crippen molar-refractivity contribution in [1.82, 2.24) is 5.32 Å². The molecule has 2 unspecified atom stereocenters. The molecule has 0 aromatic heterocycles. The largest absolute Gasteiger partial charge is 0.496 e. The lowest BCUT2D eigenvalue weighted by Crippen LogP contribution is -2.18. The average Bonchev–Trinajstić information content (AvgIpc) is 2.37. The summed E-state index contributed by atoms with van der Waals surface area (Å²) >= 11 is 0. The van der Waals surface area contributed by atoms with Crippen molar-refractivity contribution in [2.45, 2.75) is 45.8 Å². The molecule has 1 N–H and O–H groups in total. The van der Waals surface area contributed by atoms with Gasteiger partial charge in [0.25, 0.3) is 0 Å². The molecule has 0 spiro atoms. The third-order valence-corrected chi connectivity index (χ3v) is 3.14. The SMILES string of the molecule is CCCC(C)Oc1cccc(OC)c1C(C)NC. The van der Waals surface area contributed by atoms with E-state index in [-0.39, 0.29) is 12.1 Å². The van der Waals surface area contributed by atoms with Crippen LogP contribution in [-0.2, 0) is 0 Å². The maximum absolute atomic E-state index is 6.03. The van der Waals surface area contributed by atoms with Crippen molar-refractivity contribution in [2.24, 2.45) is 0 Å². The predicted octanol–water partition coefficient (Wildman–Crippen LogP) is 3.54. The first-order chi connectivity index (χ1) is 8.63. The second kappa shape index (κ2) is 7.27. The third kappa shape index (κ3) is 3.64. The van der Waals surface area contributed by atoms with Gasteiger partial charge in [-0.2, -0.15) is 0 Å². The van der Waals surface area contributed by atoms with E-state index in [2.05, 4.69) is 26.1 Å². The van der Waals surface area contributed by atoms with Crippen LogP contribution in [0.15, 0.2) is 18.2 Å². The highest BCUT2D eigenvalue weighted by Gasteiger charge is 2.17. The number of benzene rings is 1. The number of hydrogen-bond donors (Lipinski definition) is 1. The van der Waals surface area contributed by atoms with Crippen LogP contribution in [-0.4, -0.2) is 20.3 Å². The minimum atomic E-state index is 0.199. The smallest absolute Gasteiger partial charge is 0.128 e. The van der Waals surface area contributed by atoms with E-state index in [0.29, 0.717) is 0 Å². The summed E-state index contributed by atoms with van der Waals surface area (Å²) in [7, 11) is 3.64. The van der Waals surface area contributed by atoms with Crippen molar-refractivity contribution in [3.05, 3.63) is 23.8 Å². The van der Waals surface area contributed by atoms with Gasteiger partial charge in [0.05, 0.1) is 18.8 Å².